The molecule has 152 valence electrons. The third-order valence-corrected chi connectivity index (χ3v) is 6.61. The quantitative estimate of drug-likeness (QED) is 0.737. The highest BCUT2D eigenvalue weighted by Crippen LogP contribution is 2.22. The summed E-state index contributed by atoms with van der Waals surface area (Å²) in [6, 6.07) is 7.77. The molecule has 0 unspecified atom stereocenters. The van der Waals surface area contributed by atoms with Crippen molar-refractivity contribution in [1.29, 1.82) is 0 Å². The third kappa shape index (κ3) is 6.19. The Hall–Kier alpha value is -1.64. The van der Waals surface area contributed by atoms with E-state index in [0.29, 0.717) is 32.2 Å². The van der Waals surface area contributed by atoms with Gasteiger partial charge in [-0.3, -0.25) is 0 Å². The Morgan fingerprint density at radius 1 is 1.19 bits per heavy atom. The van der Waals surface area contributed by atoms with Gasteiger partial charge in [0.05, 0.1) is 24.5 Å². The lowest BCUT2D eigenvalue weighted by molar-refractivity contribution is 0.0730. The molecule has 1 aliphatic heterocycles. The zero-order valence-corrected chi connectivity index (χ0v) is 17.4. The van der Waals surface area contributed by atoms with Crippen molar-refractivity contribution in [3.05, 3.63) is 35.4 Å². The van der Waals surface area contributed by atoms with E-state index in [2.05, 4.69) is 36.6 Å². The van der Waals surface area contributed by atoms with E-state index in [1.807, 2.05) is 26.0 Å². The summed E-state index contributed by atoms with van der Waals surface area (Å²) in [4.78, 5) is 12.2. The van der Waals surface area contributed by atoms with Crippen LogP contribution in [0.15, 0.2) is 24.3 Å². The van der Waals surface area contributed by atoms with Crippen LogP contribution in [0.5, 0.6) is 0 Å². The van der Waals surface area contributed by atoms with Gasteiger partial charge in [-0.1, -0.05) is 38.1 Å². The van der Waals surface area contributed by atoms with Crippen molar-refractivity contribution in [3.8, 4) is 0 Å². The number of hydrogen-bond donors (Lipinski definition) is 2. The second-order valence-corrected chi connectivity index (χ2v) is 9.70. The second kappa shape index (κ2) is 9.03. The van der Waals surface area contributed by atoms with Crippen LogP contribution in [0.25, 0.3) is 0 Å². The largest absolute Gasteiger partial charge is 0.379 e. The monoisotopic (exact) mass is 397 g/mol. The number of ether oxygens (including phenoxy) is 1. The van der Waals surface area contributed by atoms with Crippen LogP contribution in [0.1, 0.15) is 44.7 Å². The molecule has 0 aliphatic carbocycles. The minimum Gasteiger partial charge on any atom is -0.379 e. The molecular formula is C19H31N3O4S. The average molecular weight is 398 g/mol. The summed E-state index contributed by atoms with van der Waals surface area (Å²) in [7, 11) is -3.38. The molecular weight excluding hydrogens is 366 g/mol. The Morgan fingerprint density at radius 3 is 2.33 bits per heavy atom. The summed E-state index contributed by atoms with van der Waals surface area (Å²) in [5.41, 5.74) is 1.66. The minimum absolute atomic E-state index is 0.0634. The zero-order valence-electron chi connectivity index (χ0n) is 16.6. The van der Waals surface area contributed by atoms with E-state index in [4.69, 9.17) is 4.74 Å². The van der Waals surface area contributed by atoms with E-state index in [1.165, 1.54) is 9.87 Å². The maximum atomic E-state index is 12.3. The molecule has 0 saturated carbocycles. The van der Waals surface area contributed by atoms with Crippen molar-refractivity contribution >= 4 is 16.1 Å². The molecule has 27 heavy (non-hydrogen) atoms. The van der Waals surface area contributed by atoms with E-state index in [1.54, 1.807) is 0 Å². The van der Waals surface area contributed by atoms with Crippen molar-refractivity contribution < 1.29 is 17.9 Å². The van der Waals surface area contributed by atoms with Crippen LogP contribution in [0.4, 0.5) is 4.79 Å². The standard InChI is InChI=1S/C19H31N3O4S/c1-15(2)16-5-7-17(8-6-16)19(3,4)21-18(23)20-9-14-27(24,25)22-10-12-26-13-11-22/h5-8,15H,9-14H2,1-4H3,(H2,20,21,23). The van der Waals surface area contributed by atoms with Crippen LogP contribution < -0.4 is 10.6 Å². The van der Waals surface area contributed by atoms with E-state index in [-0.39, 0.29) is 18.3 Å². The lowest BCUT2D eigenvalue weighted by Gasteiger charge is -2.28. The van der Waals surface area contributed by atoms with Crippen LogP contribution in [0.3, 0.4) is 0 Å². The summed E-state index contributed by atoms with van der Waals surface area (Å²) in [5, 5.41) is 5.55. The lowest BCUT2D eigenvalue weighted by atomic mass is 9.92. The maximum absolute atomic E-state index is 12.3. The van der Waals surface area contributed by atoms with Gasteiger partial charge in [-0.15, -0.1) is 0 Å². The van der Waals surface area contributed by atoms with Crippen LogP contribution in [0, 0.1) is 0 Å². The zero-order chi connectivity index (χ0) is 20.1. The summed E-state index contributed by atoms with van der Waals surface area (Å²) in [6.07, 6.45) is 0. The molecule has 1 aliphatic rings. The first-order chi connectivity index (χ1) is 12.6. The number of amides is 2. The predicted molar refractivity (Wildman–Crippen MR) is 106 cm³/mol. The lowest BCUT2D eigenvalue weighted by Crippen LogP contribution is -2.48. The first kappa shape index (κ1) is 21.7. The Balaban J connectivity index is 1.85. The van der Waals surface area contributed by atoms with Crippen LogP contribution in [-0.4, -0.2) is 57.4 Å². The predicted octanol–water partition coefficient (Wildman–Crippen LogP) is 2.01. The molecule has 0 aromatic heterocycles. The fourth-order valence-electron chi connectivity index (χ4n) is 2.93. The van der Waals surface area contributed by atoms with Gasteiger partial charge < -0.3 is 15.4 Å². The number of rotatable bonds is 7. The molecule has 2 N–H and O–H groups in total. The summed E-state index contributed by atoms with van der Waals surface area (Å²) < 4.78 is 31.1. The number of carbonyl (C=O) groups excluding carboxylic acids is 1. The number of urea groups is 1. The Labute approximate surface area is 162 Å². The van der Waals surface area contributed by atoms with Crippen molar-refractivity contribution in [2.24, 2.45) is 0 Å². The van der Waals surface area contributed by atoms with Gasteiger partial charge in [0, 0.05) is 19.6 Å². The molecule has 1 saturated heterocycles. The Bertz CT molecular complexity index is 724. The molecule has 2 amide bonds. The second-order valence-electron chi connectivity index (χ2n) is 7.61. The van der Waals surface area contributed by atoms with Crippen LogP contribution in [-0.2, 0) is 20.3 Å². The van der Waals surface area contributed by atoms with Gasteiger partial charge in [0.1, 0.15) is 0 Å². The first-order valence-corrected chi connectivity index (χ1v) is 10.9. The number of sulfonamides is 1. The summed E-state index contributed by atoms with van der Waals surface area (Å²) >= 11 is 0. The van der Waals surface area contributed by atoms with Gasteiger partial charge in [0.15, 0.2) is 0 Å². The highest BCUT2D eigenvalue weighted by atomic mass is 32.2. The van der Waals surface area contributed by atoms with Gasteiger partial charge in [0.2, 0.25) is 10.0 Å². The summed E-state index contributed by atoms with van der Waals surface area (Å²) in [5.74, 6) is 0.330. The number of nitrogens with one attached hydrogen (secondary N) is 2. The van der Waals surface area contributed by atoms with Crippen LogP contribution >= 0.6 is 0 Å². The molecule has 0 radical (unpaired) electrons. The number of nitrogens with zero attached hydrogens (tertiary/aromatic N) is 1. The SMILES string of the molecule is CC(C)c1ccc(C(C)(C)NC(=O)NCCS(=O)(=O)N2CCOCC2)cc1. The van der Waals surface area contributed by atoms with E-state index >= 15 is 0 Å². The van der Waals surface area contributed by atoms with Crippen molar-refractivity contribution in [3.63, 3.8) is 0 Å². The topological polar surface area (TPSA) is 87.7 Å². The van der Waals surface area contributed by atoms with E-state index in [0.717, 1.165) is 5.56 Å². The minimum atomic E-state index is -3.38. The molecule has 7 nitrogen and oxygen atoms in total. The number of hydrogen-bond acceptors (Lipinski definition) is 4. The maximum Gasteiger partial charge on any atom is 0.315 e. The van der Waals surface area contributed by atoms with Crippen molar-refractivity contribution in [2.75, 3.05) is 38.6 Å². The fourth-order valence-corrected chi connectivity index (χ4v) is 4.26. The molecule has 1 fully saturated rings. The van der Waals surface area contributed by atoms with Crippen molar-refractivity contribution in [1.82, 2.24) is 14.9 Å². The first-order valence-electron chi connectivity index (χ1n) is 9.34. The van der Waals surface area contributed by atoms with Gasteiger partial charge in [-0.2, -0.15) is 4.31 Å². The van der Waals surface area contributed by atoms with Gasteiger partial charge in [0.25, 0.3) is 0 Å². The summed E-state index contributed by atoms with van der Waals surface area (Å²) in [6.45, 7) is 9.74. The normalized spacial score (nSPS) is 16.3. The fraction of sp³-hybridized carbons (Fsp3) is 0.632. The third-order valence-electron chi connectivity index (χ3n) is 4.73. The molecule has 0 spiro atoms. The Kier molecular flexibility index (Phi) is 7.25. The molecule has 1 aromatic carbocycles. The van der Waals surface area contributed by atoms with Gasteiger partial charge in [-0.05, 0) is 30.9 Å². The smallest absolute Gasteiger partial charge is 0.315 e. The average Bonchev–Trinajstić information content (AvgIpc) is 2.62. The molecule has 8 heteroatoms. The molecule has 1 aromatic rings. The van der Waals surface area contributed by atoms with E-state index < -0.39 is 15.6 Å². The molecule has 1 heterocycles. The highest BCUT2D eigenvalue weighted by Gasteiger charge is 2.25. The van der Waals surface area contributed by atoms with Crippen LogP contribution in [0.2, 0.25) is 0 Å². The number of morpholine rings is 1. The van der Waals surface area contributed by atoms with Crippen molar-refractivity contribution in [2.45, 2.75) is 39.2 Å². The Morgan fingerprint density at radius 2 is 1.78 bits per heavy atom. The van der Waals surface area contributed by atoms with Gasteiger partial charge >= 0.3 is 6.03 Å². The molecule has 2 rings (SSSR count). The van der Waals surface area contributed by atoms with E-state index in [9.17, 15) is 13.2 Å². The van der Waals surface area contributed by atoms with Gasteiger partial charge in [-0.25, -0.2) is 13.2 Å². The highest BCUT2D eigenvalue weighted by molar-refractivity contribution is 7.89. The number of benzene rings is 1. The number of carbonyl (C=O) groups is 1. The molecule has 0 bridgehead atoms. The molecule has 0 atom stereocenters.